The van der Waals surface area contributed by atoms with Crippen molar-refractivity contribution >= 4 is 46.0 Å². The van der Waals surface area contributed by atoms with Crippen LogP contribution in [0.15, 0.2) is 66.3 Å². The second kappa shape index (κ2) is 18.9. The third-order valence-electron chi connectivity index (χ3n) is 11.8. The number of hydrogen-bond acceptors (Lipinski definition) is 10. The third kappa shape index (κ3) is 10.3. The lowest BCUT2D eigenvalue weighted by atomic mass is 9.85. The SMILES string of the molecule is Cc1ncsc1-c1ccc(CNC(=O)[C@@H]2C[C@@H](O)CN2C(=O)[C@@H](NC(=O)CCCCCCCC(=O)N2CC(c3c[nH]c4nnc(-c5ccccc5O)cc34)C2)C(C)(C)C)cc1. The van der Waals surface area contributed by atoms with Crippen LogP contribution in [0.2, 0.25) is 0 Å². The number of para-hydroxylation sites is 1. The van der Waals surface area contributed by atoms with Gasteiger partial charge in [-0.2, -0.15) is 0 Å². The minimum Gasteiger partial charge on any atom is -0.507 e. The molecule has 0 aliphatic carbocycles. The molecule has 15 heteroatoms. The lowest BCUT2D eigenvalue weighted by Crippen LogP contribution is -2.57. The van der Waals surface area contributed by atoms with Gasteiger partial charge in [0.15, 0.2) is 5.65 Å². The third-order valence-corrected chi connectivity index (χ3v) is 12.8. The highest BCUT2D eigenvalue weighted by Crippen LogP contribution is 2.35. The summed E-state index contributed by atoms with van der Waals surface area (Å²) in [6.45, 7) is 9.18. The molecule has 5 aromatic rings. The summed E-state index contributed by atoms with van der Waals surface area (Å²) in [7, 11) is 0. The number of rotatable bonds is 16. The largest absolute Gasteiger partial charge is 0.507 e. The Morgan fingerprint density at radius 1 is 0.951 bits per heavy atom. The van der Waals surface area contributed by atoms with Crippen LogP contribution in [0.1, 0.15) is 94.9 Å². The Morgan fingerprint density at radius 3 is 2.38 bits per heavy atom. The first-order valence-corrected chi connectivity index (χ1v) is 22.1. The highest BCUT2D eigenvalue weighted by molar-refractivity contribution is 7.13. The van der Waals surface area contributed by atoms with Crippen molar-refractivity contribution < 1.29 is 29.4 Å². The summed E-state index contributed by atoms with van der Waals surface area (Å²) in [6, 6.07) is 15.2. The number of amides is 4. The molecular formula is C46H56N8O6S. The average molecular weight is 849 g/mol. The second-order valence-electron chi connectivity index (χ2n) is 17.5. The fraction of sp³-hybridized carbons (Fsp3) is 0.457. The van der Waals surface area contributed by atoms with Crippen molar-refractivity contribution in [3.05, 3.63) is 83.1 Å². The molecule has 2 aliphatic rings. The lowest BCUT2D eigenvalue weighted by Gasteiger charge is -2.39. The predicted octanol–water partition coefficient (Wildman–Crippen LogP) is 6.23. The molecule has 5 N–H and O–H groups in total. The number of H-pyrrole nitrogens is 1. The quantitative estimate of drug-likeness (QED) is 0.0717. The van der Waals surface area contributed by atoms with E-state index in [1.54, 1.807) is 23.5 Å². The number of carbonyl (C=O) groups excluding carboxylic acids is 4. The molecule has 3 aromatic heterocycles. The number of nitrogens with one attached hydrogen (secondary N) is 3. The van der Waals surface area contributed by atoms with Gasteiger partial charge in [-0.1, -0.05) is 76.4 Å². The van der Waals surface area contributed by atoms with E-state index in [-0.39, 0.29) is 61.2 Å². The number of aromatic hydroxyl groups is 1. The Labute approximate surface area is 360 Å². The number of likely N-dealkylation sites (tertiary alicyclic amines) is 2. The molecule has 0 unspecified atom stereocenters. The molecule has 7 rings (SSSR count). The zero-order chi connectivity index (χ0) is 43.3. The molecule has 322 valence electrons. The molecule has 0 bridgehead atoms. The number of aromatic nitrogens is 4. The molecule has 0 radical (unpaired) electrons. The topological polar surface area (TPSA) is 194 Å². The van der Waals surface area contributed by atoms with Crippen molar-refractivity contribution in [2.45, 2.75) is 110 Å². The first-order valence-electron chi connectivity index (χ1n) is 21.2. The Hall–Kier alpha value is -5.67. The fourth-order valence-electron chi connectivity index (χ4n) is 8.24. The fourth-order valence-corrected chi connectivity index (χ4v) is 9.06. The summed E-state index contributed by atoms with van der Waals surface area (Å²) in [5.74, 6) is -0.474. The molecular weight excluding hydrogens is 793 g/mol. The summed E-state index contributed by atoms with van der Waals surface area (Å²) in [6.07, 6.45) is 5.96. The minimum atomic E-state index is -0.874. The van der Waals surface area contributed by atoms with E-state index < -0.39 is 23.6 Å². The summed E-state index contributed by atoms with van der Waals surface area (Å²) < 4.78 is 0. The molecule has 0 saturated carbocycles. The maximum absolute atomic E-state index is 14.0. The number of benzene rings is 2. The van der Waals surface area contributed by atoms with E-state index in [9.17, 15) is 29.4 Å². The van der Waals surface area contributed by atoms with E-state index in [1.165, 1.54) is 4.90 Å². The predicted molar refractivity (Wildman–Crippen MR) is 234 cm³/mol. The van der Waals surface area contributed by atoms with Crippen LogP contribution >= 0.6 is 11.3 Å². The van der Waals surface area contributed by atoms with Gasteiger partial charge in [-0.15, -0.1) is 21.5 Å². The van der Waals surface area contributed by atoms with Gasteiger partial charge in [0, 0.05) is 68.5 Å². The van der Waals surface area contributed by atoms with E-state index in [2.05, 4.69) is 30.8 Å². The number of hydrogen-bond donors (Lipinski definition) is 5. The van der Waals surface area contributed by atoms with E-state index >= 15 is 0 Å². The molecule has 2 saturated heterocycles. The lowest BCUT2D eigenvalue weighted by molar-refractivity contribution is -0.144. The minimum absolute atomic E-state index is 0.0194. The molecule has 2 fully saturated rings. The number of aromatic amines is 1. The van der Waals surface area contributed by atoms with Gasteiger partial charge in [-0.3, -0.25) is 19.2 Å². The molecule has 3 atom stereocenters. The first kappa shape index (κ1) is 43.4. The van der Waals surface area contributed by atoms with Crippen molar-refractivity contribution in [3.8, 4) is 27.4 Å². The second-order valence-corrected chi connectivity index (χ2v) is 18.3. The van der Waals surface area contributed by atoms with Crippen molar-refractivity contribution in [1.29, 1.82) is 0 Å². The first-order chi connectivity index (χ1) is 29.3. The van der Waals surface area contributed by atoms with Gasteiger partial charge in [-0.25, -0.2) is 4.98 Å². The van der Waals surface area contributed by atoms with Gasteiger partial charge in [0.05, 0.1) is 27.9 Å². The van der Waals surface area contributed by atoms with Gasteiger partial charge in [0.1, 0.15) is 17.8 Å². The van der Waals surface area contributed by atoms with Gasteiger partial charge in [0.25, 0.3) is 0 Å². The number of phenolic OH excluding ortho intramolecular Hbond substituents is 1. The van der Waals surface area contributed by atoms with E-state index in [4.69, 9.17) is 0 Å². The number of aliphatic hydroxyl groups excluding tert-OH is 1. The van der Waals surface area contributed by atoms with Crippen molar-refractivity contribution in [1.82, 2.24) is 40.6 Å². The van der Waals surface area contributed by atoms with E-state index in [0.717, 1.165) is 58.3 Å². The number of fused-ring (bicyclic) bond motifs is 1. The standard InChI is InChI=1S/C46H56N8O6S/c1-28-41(61-27-49-28)30-18-16-29(17-19-30)22-48-44(59)37-20-32(55)26-54(37)45(60)42(46(2,3)4)50-39(57)14-8-6-5-7-9-15-40(58)53-24-31(25-53)35-23-47-43-34(35)21-36(51-52-43)33-12-10-11-13-38(33)56/h10-13,16-19,21,23,27,31-32,37,42,55-56H,5-9,14-15,20,22,24-26H2,1-4H3,(H,47,52)(H,48,59)(H,50,57)/t32-,37+,42-/m1/s1. The number of thiazole rings is 1. The molecule has 4 amide bonds. The van der Waals surface area contributed by atoms with Crippen LogP contribution in [0.4, 0.5) is 0 Å². The van der Waals surface area contributed by atoms with Crippen LogP contribution in [0.25, 0.3) is 32.7 Å². The van der Waals surface area contributed by atoms with Crippen LogP contribution in [0, 0.1) is 12.3 Å². The van der Waals surface area contributed by atoms with Crippen LogP contribution in [-0.4, -0.2) is 102 Å². The zero-order valence-corrected chi connectivity index (χ0v) is 36.1. The monoisotopic (exact) mass is 848 g/mol. The van der Waals surface area contributed by atoms with Crippen LogP contribution < -0.4 is 10.6 Å². The van der Waals surface area contributed by atoms with Gasteiger partial charge in [0.2, 0.25) is 23.6 Å². The number of phenols is 1. The average Bonchev–Trinajstić information content (AvgIpc) is 3.96. The van der Waals surface area contributed by atoms with E-state index in [1.807, 2.05) is 86.8 Å². The number of nitrogens with zero attached hydrogens (tertiary/aromatic N) is 5. The van der Waals surface area contributed by atoms with Crippen molar-refractivity contribution in [3.63, 3.8) is 0 Å². The normalized spacial score (nSPS) is 17.3. The van der Waals surface area contributed by atoms with Gasteiger partial charge in [-0.05, 0) is 60.1 Å². The van der Waals surface area contributed by atoms with Crippen LogP contribution in [-0.2, 0) is 25.7 Å². The molecule has 2 aliphatic heterocycles. The van der Waals surface area contributed by atoms with Crippen LogP contribution in [0.3, 0.4) is 0 Å². The Morgan fingerprint density at radius 2 is 1.67 bits per heavy atom. The molecule has 14 nitrogen and oxygen atoms in total. The van der Waals surface area contributed by atoms with Gasteiger partial charge >= 0.3 is 0 Å². The highest BCUT2D eigenvalue weighted by atomic mass is 32.1. The maximum Gasteiger partial charge on any atom is 0.246 e. The zero-order valence-electron chi connectivity index (χ0n) is 35.3. The van der Waals surface area contributed by atoms with Crippen LogP contribution in [0.5, 0.6) is 5.75 Å². The van der Waals surface area contributed by atoms with Crippen molar-refractivity contribution in [2.24, 2.45) is 5.41 Å². The Kier molecular flexibility index (Phi) is 13.5. The Bertz CT molecular complexity index is 2350. The Balaban J connectivity index is 0.809. The summed E-state index contributed by atoms with van der Waals surface area (Å²) >= 11 is 1.58. The summed E-state index contributed by atoms with van der Waals surface area (Å²) in [4.78, 5) is 65.4. The number of β-amino-alcohol motifs (C(OH)–C–C–N with tert-alkyl or cyclic N) is 1. The molecule has 0 spiro atoms. The maximum atomic E-state index is 14.0. The molecule has 61 heavy (non-hydrogen) atoms. The summed E-state index contributed by atoms with van der Waals surface area (Å²) in [5.41, 5.74) is 7.10. The number of aryl methyl sites for hydroxylation is 1. The number of unbranched alkanes of at least 4 members (excludes halogenated alkanes) is 4. The number of carbonyl (C=O) groups is 4. The van der Waals surface area contributed by atoms with E-state index in [0.29, 0.717) is 42.8 Å². The molecule has 2 aromatic carbocycles. The highest BCUT2D eigenvalue weighted by Gasteiger charge is 2.44. The summed E-state index contributed by atoms with van der Waals surface area (Å²) in [5, 5.41) is 36.3. The molecule has 5 heterocycles. The number of aliphatic hydroxyl groups is 1. The van der Waals surface area contributed by atoms with Crippen molar-refractivity contribution in [2.75, 3.05) is 19.6 Å². The van der Waals surface area contributed by atoms with Gasteiger partial charge < -0.3 is 35.6 Å². The smallest absolute Gasteiger partial charge is 0.246 e.